The molecule has 0 aliphatic rings. The Hall–Kier alpha value is -3.81. The van der Waals surface area contributed by atoms with Crippen molar-refractivity contribution in [3.05, 3.63) is 72.6 Å². The van der Waals surface area contributed by atoms with E-state index in [-0.39, 0.29) is 11.6 Å². The smallest absolute Gasteiger partial charge is 0.276 e. The van der Waals surface area contributed by atoms with E-state index in [9.17, 15) is 4.79 Å². The van der Waals surface area contributed by atoms with Gasteiger partial charge in [-0.3, -0.25) is 9.89 Å². The topological polar surface area (TPSA) is 98.0 Å². The van der Waals surface area contributed by atoms with Gasteiger partial charge in [-0.2, -0.15) is 5.10 Å². The molecular weight excluding hydrogens is 346 g/mol. The molecule has 3 heterocycles. The summed E-state index contributed by atoms with van der Waals surface area (Å²) in [6.07, 6.45) is 5.15. The van der Waals surface area contributed by atoms with Gasteiger partial charge in [-0.05, 0) is 36.4 Å². The number of aromatic amines is 1. The molecule has 3 aromatic heterocycles. The molecule has 136 valence electrons. The first kappa shape index (κ1) is 16.6. The van der Waals surface area contributed by atoms with Crippen molar-refractivity contribution in [2.45, 2.75) is 6.61 Å². The molecule has 4 rings (SSSR count). The number of rotatable bonds is 6. The van der Waals surface area contributed by atoms with Crippen molar-refractivity contribution in [2.24, 2.45) is 7.05 Å². The van der Waals surface area contributed by atoms with Crippen LogP contribution in [-0.2, 0) is 13.7 Å². The summed E-state index contributed by atoms with van der Waals surface area (Å²) in [7, 11) is 1.91. The standard InChI is InChI=1S/C19H17N5O3/c1-24-9-8-20-18(24)12-27-14-6-4-13(5-7-14)21-19(25)16-11-15(22-23-16)17-3-2-10-26-17/h2-11H,12H2,1H3,(H,21,25)(H,22,23). The molecule has 1 amide bonds. The van der Waals surface area contributed by atoms with E-state index >= 15 is 0 Å². The maximum Gasteiger partial charge on any atom is 0.276 e. The predicted octanol–water partition coefficient (Wildman–Crippen LogP) is 3.23. The van der Waals surface area contributed by atoms with Crippen LogP contribution in [0.4, 0.5) is 5.69 Å². The summed E-state index contributed by atoms with van der Waals surface area (Å²) in [4.78, 5) is 16.5. The van der Waals surface area contributed by atoms with Crippen LogP contribution in [0.15, 0.2) is 65.5 Å². The third kappa shape index (κ3) is 3.74. The van der Waals surface area contributed by atoms with Gasteiger partial charge in [0.25, 0.3) is 5.91 Å². The van der Waals surface area contributed by atoms with Crippen molar-refractivity contribution in [3.8, 4) is 17.2 Å². The number of hydrogen-bond donors (Lipinski definition) is 2. The molecule has 2 N–H and O–H groups in total. The summed E-state index contributed by atoms with van der Waals surface area (Å²) in [6.45, 7) is 0.373. The second kappa shape index (κ2) is 7.20. The van der Waals surface area contributed by atoms with Gasteiger partial charge < -0.3 is 19.0 Å². The Balaban J connectivity index is 1.36. The quantitative estimate of drug-likeness (QED) is 0.548. The van der Waals surface area contributed by atoms with E-state index in [4.69, 9.17) is 9.15 Å². The zero-order valence-corrected chi connectivity index (χ0v) is 14.5. The number of amides is 1. The van der Waals surface area contributed by atoms with E-state index < -0.39 is 0 Å². The van der Waals surface area contributed by atoms with Crippen molar-refractivity contribution >= 4 is 11.6 Å². The van der Waals surface area contributed by atoms with E-state index in [0.29, 0.717) is 29.5 Å². The van der Waals surface area contributed by atoms with E-state index in [1.165, 1.54) is 0 Å². The van der Waals surface area contributed by atoms with Gasteiger partial charge in [0, 0.05) is 31.2 Å². The number of furan rings is 1. The average Bonchev–Trinajstić information content (AvgIpc) is 3.43. The molecule has 4 aromatic rings. The second-order valence-corrected chi connectivity index (χ2v) is 5.87. The lowest BCUT2D eigenvalue weighted by atomic mass is 10.2. The first-order valence-electron chi connectivity index (χ1n) is 8.29. The molecule has 0 radical (unpaired) electrons. The maximum absolute atomic E-state index is 12.3. The Bertz CT molecular complexity index is 1030. The number of nitrogens with one attached hydrogen (secondary N) is 2. The van der Waals surface area contributed by atoms with E-state index in [1.807, 2.05) is 17.8 Å². The highest BCUT2D eigenvalue weighted by Crippen LogP contribution is 2.20. The number of carbonyl (C=O) groups is 1. The number of ether oxygens (including phenoxy) is 1. The molecule has 8 nitrogen and oxygen atoms in total. The maximum atomic E-state index is 12.3. The van der Waals surface area contributed by atoms with Crippen LogP contribution < -0.4 is 10.1 Å². The van der Waals surface area contributed by atoms with Crippen molar-refractivity contribution in [3.63, 3.8) is 0 Å². The number of aryl methyl sites for hydroxylation is 1. The summed E-state index contributed by atoms with van der Waals surface area (Å²) < 4.78 is 12.9. The van der Waals surface area contributed by atoms with Crippen LogP contribution in [0.25, 0.3) is 11.5 Å². The summed E-state index contributed by atoms with van der Waals surface area (Å²) in [6, 6.07) is 12.3. The second-order valence-electron chi connectivity index (χ2n) is 5.87. The molecule has 0 aliphatic carbocycles. The Labute approximate surface area is 154 Å². The summed E-state index contributed by atoms with van der Waals surface area (Å²) in [5.74, 6) is 1.83. The fraction of sp³-hybridized carbons (Fsp3) is 0.105. The van der Waals surface area contributed by atoms with E-state index in [0.717, 1.165) is 5.82 Å². The third-order valence-corrected chi connectivity index (χ3v) is 4.00. The summed E-state index contributed by atoms with van der Waals surface area (Å²) in [5.41, 5.74) is 1.56. The summed E-state index contributed by atoms with van der Waals surface area (Å²) in [5, 5.41) is 9.61. The van der Waals surface area contributed by atoms with Crippen molar-refractivity contribution in [1.29, 1.82) is 0 Å². The number of imidazole rings is 1. The molecule has 0 bridgehead atoms. The Morgan fingerprint density at radius 3 is 2.85 bits per heavy atom. The fourth-order valence-electron chi connectivity index (χ4n) is 2.51. The van der Waals surface area contributed by atoms with Gasteiger partial charge in [0.15, 0.2) is 11.5 Å². The normalized spacial score (nSPS) is 10.7. The van der Waals surface area contributed by atoms with Crippen molar-refractivity contribution in [2.75, 3.05) is 5.32 Å². The monoisotopic (exact) mass is 363 g/mol. The van der Waals surface area contributed by atoms with Crippen LogP contribution in [0, 0.1) is 0 Å². The molecule has 0 atom stereocenters. The van der Waals surface area contributed by atoms with Crippen LogP contribution >= 0.6 is 0 Å². The van der Waals surface area contributed by atoms with Gasteiger partial charge in [0.05, 0.1) is 6.26 Å². The van der Waals surface area contributed by atoms with Crippen molar-refractivity contribution in [1.82, 2.24) is 19.7 Å². The van der Waals surface area contributed by atoms with E-state index in [1.54, 1.807) is 54.9 Å². The van der Waals surface area contributed by atoms with E-state index in [2.05, 4.69) is 20.5 Å². The number of nitrogens with zero attached hydrogens (tertiary/aromatic N) is 3. The lowest BCUT2D eigenvalue weighted by Gasteiger charge is -2.08. The minimum absolute atomic E-state index is 0.275. The number of hydrogen-bond acceptors (Lipinski definition) is 5. The number of H-pyrrole nitrogens is 1. The highest BCUT2D eigenvalue weighted by atomic mass is 16.5. The van der Waals surface area contributed by atoms with Gasteiger partial charge in [-0.15, -0.1) is 0 Å². The molecule has 27 heavy (non-hydrogen) atoms. The lowest BCUT2D eigenvalue weighted by molar-refractivity contribution is 0.102. The van der Waals surface area contributed by atoms with Gasteiger partial charge in [0.2, 0.25) is 0 Å². The number of anilines is 1. The minimum Gasteiger partial charge on any atom is -0.486 e. The SMILES string of the molecule is Cn1ccnc1COc1ccc(NC(=O)c2cc(-c3ccco3)[nH]n2)cc1. The number of benzene rings is 1. The molecule has 0 fully saturated rings. The Morgan fingerprint density at radius 1 is 1.30 bits per heavy atom. The van der Waals surface area contributed by atoms with Crippen LogP contribution in [-0.4, -0.2) is 25.7 Å². The lowest BCUT2D eigenvalue weighted by Crippen LogP contribution is -2.12. The minimum atomic E-state index is -0.314. The van der Waals surface area contributed by atoms with Crippen molar-refractivity contribution < 1.29 is 13.9 Å². The number of aromatic nitrogens is 4. The molecule has 0 saturated carbocycles. The van der Waals surface area contributed by atoms with Gasteiger partial charge in [0.1, 0.15) is 23.9 Å². The van der Waals surface area contributed by atoms with Gasteiger partial charge in [-0.25, -0.2) is 4.98 Å². The van der Waals surface area contributed by atoms with Crippen LogP contribution in [0.3, 0.4) is 0 Å². The predicted molar refractivity (Wildman–Crippen MR) is 98.2 cm³/mol. The largest absolute Gasteiger partial charge is 0.486 e. The molecular formula is C19H17N5O3. The Kier molecular flexibility index (Phi) is 4.44. The first-order valence-corrected chi connectivity index (χ1v) is 8.29. The molecule has 0 aliphatic heterocycles. The van der Waals surface area contributed by atoms with Crippen LogP contribution in [0.2, 0.25) is 0 Å². The van der Waals surface area contributed by atoms with Crippen LogP contribution in [0.5, 0.6) is 5.75 Å². The highest BCUT2D eigenvalue weighted by molar-refractivity contribution is 6.03. The highest BCUT2D eigenvalue weighted by Gasteiger charge is 2.13. The molecule has 0 saturated heterocycles. The number of carbonyl (C=O) groups excluding carboxylic acids is 1. The average molecular weight is 363 g/mol. The zero-order valence-electron chi connectivity index (χ0n) is 14.5. The molecule has 8 heteroatoms. The Morgan fingerprint density at radius 2 is 2.15 bits per heavy atom. The third-order valence-electron chi connectivity index (χ3n) is 4.00. The van der Waals surface area contributed by atoms with Gasteiger partial charge >= 0.3 is 0 Å². The molecule has 1 aromatic carbocycles. The fourth-order valence-corrected chi connectivity index (χ4v) is 2.51. The summed E-state index contributed by atoms with van der Waals surface area (Å²) >= 11 is 0. The molecule has 0 spiro atoms. The zero-order chi connectivity index (χ0) is 18.6. The van der Waals surface area contributed by atoms with Crippen LogP contribution in [0.1, 0.15) is 16.3 Å². The molecule has 0 unspecified atom stereocenters. The van der Waals surface area contributed by atoms with Gasteiger partial charge in [-0.1, -0.05) is 0 Å². The first-order chi connectivity index (χ1) is 13.2.